The lowest BCUT2D eigenvalue weighted by molar-refractivity contribution is -0.133. The van der Waals surface area contributed by atoms with Crippen molar-refractivity contribution in [3.05, 3.63) is 66.2 Å². The Labute approximate surface area is 161 Å². The van der Waals surface area contributed by atoms with E-state index in [1.54, 1.807) is 4.90 Å². The van der Waals surface area contributed by atoms with Gasteiger partial charge in [0.2, 0.25) is 11.8 Å². The van der Waals surface area contributed by atoms with Gasteiger partial charge in [-0.15, -0.1) is 0 Å². The van der Waals surface area contributed by atoms with Crippen LogP contribution in [-0.4, -0.2) is 48.3 Å². The zero-order valence-electron chi connectivity index (χ0n) is 15.8. The summed E-state index contributed by atoms with van der Waals surface area (Å²) in [5.41, 5.74) is 1.94. The maximum atomic E-state index is 12.6. The van der Waals surface area contributed by atoms with Crippen molar-refractivity contribution in [1.29, 1.82) is 0 Å². The second kappa shape index (κ2) is 9.33. The van der Waals surface area contributed by atoms with Crippen LogP contribution in [0.15, 0.2) is 60.7 Å². The molecule has 0 unspecified atom stereocenters. The van der Waals surface area contributed by atoms with Gasteiger partial charge in [0.15, 0.2) is 0 Å². The first-order valence-electron chi connectivity index (χ1n) is 9.48. The van der Waals surface area contributed by atoms with Crippen LogP contribution in [0.25, 0.3) is 0 Å². The Morgan fingerprint density at radius 2 is 1.74 bits per heavy atom. The quantitative estimate of drug-likeness (QED) is 0.856. The molecular weight excluding hydrogens is 338 g/mol. The van der Waals surface area contributed by atoms with Crippen molar-refractivity contribution in [1.82, 2.24) is 9.80 Å². The molecule has 0 saturated carbocycles. The third-order valence-corrected chi connectivity index (χ3v) is 4.96. The molecular formula is C22H27N3O2. The summed E-state index contributed by atoms with van der Waals surface area (Å²) in [5.74, 6) is 0.0464. The lowest BCUT2D eigenvalue weighted by Crippen LogP contribution is -2.45. The van der Waals surface area contributed by atoms with Crippen molar-refractivity contribution >= 4 is 17.5 Å². The molecule has 142 valence electrons. The van der Waals surface area contributed by atoms with Crippen LogP contribution in [0.5, 0.6) is 0 Å². The number of hydrogen-bond acceptors (Lipinski definition) is 3. The number of nitrogens with one attached hydrogen (secondary N) is 1. The zero-order valence-corrected chi connectivity index (χ0v) is 15.8. The lowest BCUT2D eigenvalue weighted by atomic mass is 9.97. The second-order valence-electron chi connectivity index (χ2n) is 7.16. The van der Waals surface area contributed by atoms with E-state index in [0.29, 0.717) is 19.6 Å². The van der Waals surface area contributed by atoms with Crippen molar-refractivity contribution in [2.75, 3.05) is 32.0 Å². The van der Waals surface area contributed by atoms with E-state index in [9.17, 15) is 9.59 Å². The summed E-state index contributed by atoms with van der Waals surface area (Å²) in [6.45, 7) is 2.45. The maximum Gasteiger partial charge on any atom is 0.236 e. The molecule has 1 aliphatic rings. The fourth-order valence-electron chi connectivity index (χ4n) is 3.44. The van der Waals surface area contributed by atoms with Crippen LogP contribution >= 0.6 is 0 Å². The summed E-state index contributed by atoms with van der Waals surface area (Å²) in [6, 6.07) is 19.5. The summed E-state index contributed by atoms with van der Waals surface area (Å²) < 4.78 is 0. The van der Waals surface area contributed by atoms with Crippen LogP contribution in [-0.2, 0) is 16.1 Å². The minimum Gasteiger partial charge on any atom is -0.340 e. The number of anilines is 1. The Kier molecular flexibility index (Phi) is 6.60. The molecule has 2 aromatic carbocycles. The normalized spacial score (nSPS) is 17.3. The van der Waals surface area contributed by atoms with Crippen molar-refractivity contribution in [2.24, 2.45) is 5.92 Å². The van der Waals surface area contributed by atoms with Gasteiger partial charge in [-0.1, -0.05) is 48.5 Å². The van der Waals surface area contributed by atoms with Gasteiger partial charge in [0.25, 0.3) is 0 Å². The number of piperidine rings is 1. The van der Waals surface area contributed by atoms with Crippen LogP contribution in [0.2, 0.25) is 0 Å². The molecule has 1 N–H and O–H groups in total. The monoisotopic (exact) mass is 365 g/mol. The van der Waals surface area contributed by atoms with Gasteiger partial charge in [-0.2, -0.15) is 0 Å². The highest BCUT2D eigenvalue weighted by molar-refractivity contribution is 5.92. The summed E-state index contributed by atoms with van der Waals surface area (Å²) >= 11 is 0. The van der Waals surface area contributed by atoms with Gasteiger partial charge in [-0.3, -0.25) is 14.5 Å². The largest absolute Gasteiger partial charge is 0.340 e. The molecule has 5 nitrogen and oxygen atoms in total. The number of carbonyl (C=O) groups excluding carboxylic acids is 2. The molecule has 2 aromatic rings. The third kappa shape index (κ3) is 5.66. The lowest BCUT2D eigenvalue weighted by Gasteiger charge is -2.32. The van der Waals surface area contributed by atoms with Crippen molar-refractivity contribution in [3.8, 4) is 0 Å². The number of hydrogen-bond donors (Lipinski definition) is 1. The van der Waals surface area contributed by atoms with Crippen LogP contribution in [0.1, 0.15) is 18.4 Å². The standard InChI is InChI=1S/C22H27N3O2/c1-24(15-18-9-4-2-5-10-18)21(26)17-25-14-8-11-19(16-25)22(27)23-20-12-6-3-7-13-20/h2-7,9-10,12-13,19H,8,11,14-17H2,1H3,(H,23,27)/t19-/m1/s1. The minimum absolute atomic E-state index is 0.0380. The van der Waals surface area contributed by atoms with Gasteiger partial charge in [-0.05, 0) is 37.1 Å². The fraction of sp³-hybridized carbons (Fsp3) is 0.364. The topological polar surface area (TPSA) is 52.7 Å². The number of carbonyl (C=O) groups is 2. The Balaban J connectivity index is 1.50. The first kappa shape index (κ1) is 19.1. The van der Waals surface area contributed by atoms with Gasteiger partial charge in [0.1, 0.15) is 0 Å². The Hall–Kier alpha value is -2.66. The van der Waals surface area contributed by atoms with E-state index >= 15 is 0 Å². The first-order chi connectivity index (χ1) is 13.1. The Morgan fingerprint density at radius 3 is 2.44 bits per heavy atom. The van der Waals surface area contributed by atoms with E-state index < -0.39 is 0 Å². The van der Waals surface area contributed by atoms with Gasteiger partial charge in [-0.25, -0.2) is 0 Å². The second-order valence-corrected chi connectivity index (χ2v) is 7.16. The SMILES string of the molecule is CN(Cc1ccccc1)C(=O)CN1CCC[C@@H](C(=O)Nc2ccccc2)C1. The average molecular weight is 365 g/mol. The van der Waals surface area contributed by atoms with E-state index in [1.165, 1.54) is 0 Å². The number of amides is 2. The predicted octanol–water partition coefficient (Wildman–Crippen LogP) is 3.00. The molecule has 1 fully saturated rings. The van der Waals surface area contributed by atoms with Crippen LogP contribution < -0.4 is 5.32 Å². The number of nitrogens with zero attached hydrogens (tertiary/aromatic N) is 2. The summed E-state index contributed by atoms with van der Waals surface area (Å²) in [5, 5.41) is 2.98. The van der Waals surface area contributed by atoms with Crippen LogP contribution in [0, 0.1) is 5.92 Å². The molecule has 1 atom stereocenters. The molecule has 0 spiro atoms. The van der Waals surface area contributed by atoms with Gasteiger partial charge in [0.05, 0.1) is 12.5 Å². The Bertz CT molecular complexity index is 749. The number of rotatable bonds is 6. The van der Waals surface area contributed by atoms with Gasteiger partial charge < -0.3 is 10.2 Å². The van der Waals surface area contributed by atoms with E-state index in [4.69, 9.17) is 0 Å². The van der Waals surface area contributed by atoms with Gasteiger partial charge in [0, 0.05) is 25.8 Å². The molecule has 1 heterocycles. The predicted molar refractivity (Wildman–Crippen MR) is 107 cm³/mol. The van der Waals surface area contributed by atoms with Gasteiger partial charge >= 0.3 is 0 Å². The molecule has 1 saturated heterocycles. The zero-order chi connectivity index (χ0) is 19.1. The molecule has 5 heteroatoms. The Morgan fingerprint density at radius 1 is 1.07 bits per heavy atom. The smallest absolute Gasteiger partial charge is 0.236 e. The van der Waals surface area contributed by atoms with E-state index in [1.807, 2.05) is 67.7 Å². The molecule has 0 bridgehead atoms. The molecule has 0 radical (unpaired) electrons. The molecule has 1 aliphatic heterocycles. The molecule has 2 amide bonds. The van der Waals surface area contributed by atoms with Crippen molar-refractivity contribution in [2.45, 2.75) is 19.4 Å². The first-order valence-corrected chi connectivity index (χ1v) is 9.48. The molecule has 27 heavy (non-hydrogen) atoms. The minimum atomic E-state index is -0.0776. The molecule has 3 rings (SSSR count). The highest BCUT2D eigenvalue weighted by Gasteiger charge is 2.27. The number of likely N-dealkylation sites (N-methyl/N-ethyl adjacent to an activating group) is 1. The fourth-order valence-corrected chi connectivity index (χ4v) is 3.44. The summed E-state index contributed by atoms with van der Waals surface area (Å²) in [6.07, 6.45) is 1.80. The van der Waals surface area contributed by atoms with Crippen molar-refractivity contribution in [3.63, 3.8) is 0 Å². The molecule has 0 aromatic heterocycles. The maximum absolute atomic E-state index is 12.6. The number of para-hydroxylation sites is 1. The third-order valence-electron chi connectivity index (χ3n) is 4.96. The van der Waals surface area contributed by atoms with Crippen LogP contribution in [0.3, 0.4) is 0 Å². The van der Waals surface area contributed by atoms with E-state index in [-0.39, 0.29) is 17.7 Å². The van der Waals surface area contributed by atoms with E-state index in [0.717, 1.165) is 30.6 Å². The summed E-state index contributed by atoms with van der Waals surface area (Å²) in [4.78, 5) is 29.0. The van der Waals surface area contributed by atoms with Crippen LogP contribution in [0.4, 0.5) is 5.69 Å². The average Bonchev–Trinajstić information content (AvgIpc) is 2.69. The van der Waals surface area contributed by atoms with E-state index in [2.05, 4.69) is 10.2 Å². The number of likely N-dealkylation sites (tertiary alicyclic amines) is 1. The van der Waals surface area contributed by atoms with Crippen molar-refractivity contribution < 1.29 is 9.59 Å². The number of benzene rings is 2. The highest BCUT2D eigenvalue weighted by Crippen LogP contribution is 2.19. The molecule has 0 aliphatic carbocycles. The highest BCUT2D eigenvalue weighted by atomic mass is 16.2. The summed E-state index contributed by atoms with van der Waals surface area (Å²) in [7, 11) is 1.83.